The van der Waals surface area contributed by atoms with Gasteiger partial charge in [-0.1, -0.05) is 13.5 Å². The second-order valence-electron chi connectivity index (χ2n) is 8.58. The molecule has 0 heterocycles. The molecule has 1 unspecified atom stereocenters. The summed E-state index contributed by atoms with van der Waals surface area (Å²) >= 11 is 0. The van der Waals surface area contributed by atoms with E-state index < -0.39 is 25.2 Å². The number of carbonyl (C=O) groups excluding carboxylic acids is 1. The summed E-state index contributed by atoms with van der Waals surface area (Å²) in [6.07, 6.45) is 0.825. The predicted octanol–water partition coefficient (Wildman–Crippen LogP) is 4.91. The molecule has 0 rings (SSSR count). The molecule has 7 heteroatoms. The molecule has 1 atom stereocenters. The van der Waals surface area contributed by atoms with E-state index in [0.717, 1.165) is 12.5 Å². The molecule has 23 heavy (non-hydrogen) atoms. The molecule has 0 saturated heterocycles. The summed E-state index contributed by atoms with van der Waals surface area (Å²) in [5, 5.41) is 0. The zero-order valence-electron chi connectivity index (χ0n) is 16.5. The first-order valence-corrected chi connectivity index (χ1v) is 17.7. The first-order chi connectivity index (χ1) is 10.1. The fourth-order valence-electron chi connectivity index (χ4n) is 2.61. The molecule has 136 valence electrons. The molecule has 0 N–H and O–H groups in total. The molecule has 0 amide bonds. The van der Waals surface area contributed by atoms with Crippen molar-refractivity contribution in [3.63, 3.8) is 0 Å². The number of hydrogen-bond acceptors (Lipinski definition) is 4. The van der Waals surface area contributed by atoms with Crippen molar-refractivity contribution in [2.24, 2.45) is 5.92 Å². The summed E-state index contributed by atoms with van der Waals surface area (Å²) in [5.74, 6) is 0.0891. The van der Waals surface area contributed by atoms with Crippen LogP contribution < -0.4 is 0 Å². The maximum Gasteiger partial charge on any atom is 0.333 e. The van der Waals surface area contributed by atoms with Gasteiger partial charge in [-0.25, -0.2) is 4.79 Å². The lowest BCUT2D eigenvalue weighted by molar-refractivity contribution is -0.139. The predicted molar refractivity (Wildman–Crippen MR) is 105 cm³/mol. The lowest BCUT2D eigenvalue weighted by Gasteiger charge is -2.39. The van der Waals surface area contributed by atoms with Crippen LogP contribution in [0.4, 0.5) is 0 Å². The van der Waals surface area contributed by atoms with Crippen LogP contribution in [0.1, 0.15) is 20.3 Å². The van der Waals surface area contributed by atoms with E-state index in [0.29, 0.717) is 18.1 Å². The summed E-state index contributed by atoms with van der Waals surface area (Å²) < 4.78 is 18.2. The van der Waals surface area contributed by atoms with Crippen LogP contribution in [-0.4, -0.2) is 37.8 Å². The Morgan fingerprint density at radius 2 is 1.43 bits per heavy atom. The third-order valence-corrected chi connectivity index (χ3v) is 12.7. The van der Waals surface area contributed by atoms with Gasteiger partial charge in [0.1, 0.15) is 0 Å². The molecule has 0 aliphatic heterocycles. The number of ether oxygens (including phenoxy) is 1. The number of hydrogen-bond donors (Lipinski definition) is 0. The van der Waals surface area contributed by atoms with Crippen molar-refractivity contribution in [1.82, 2.24) is 0 Å². The second-order valence-corrected chi connectivity index (χ2v) is 21.3. The quantitative estimate of drug-likeness (QED) is 0.309. The van der Waals surface area contributed by atoms with Crippen molar-refractivity contribution < 1.29 is 17.8 Å². The van der Waals surface area contributed by atoms with E-state index in [1.807, 2.05) is 0 Å². The smallest absolute Gasteiger partial charge is 0.333 e. The minimum absolute atomic E-state index is 0.311. The minimum Gasteiger partial charge on any atom is -0.462 e. The van der Waals surface area contributed by atoms with E-state index >= 15 is 0 Å². The van der Waals surface area contributed by atoms with Crippen molar-refractivity contribution >= 4 is 31.2 Å². The Morgan fingerprint density at radius 3 is 1.78 bits per heavy atom. The van der Waals surface area contributed by atoms with Gasteiger partial charge in [0.2, 0.25) is 0 Å². The minimum atomic E-state index is -2.22. The lowest BCUT2D eigenvalue weighted by Crippen LogP contribution is -2.53. The molecule has 0 aliphatic rings. The highest BCUT2D eigenvalue weighted by molar-refractivity contribution is 6.87. The van der Waals surface area contributed by atoms with Crippen molar-refractivity contribution in [2.75, 3.05) is 6.61 Å². The van der Waals surface area contributed by atoms with Crippen LogP contribution in [0.5, 0.6) is 0 Å². The second kappa shape index (κ2) is 8.75. The molecule has 0 bridgehead atoms. The van der Waals surface area contributed by atoms with Gasteiger partial charge in [-0.05, 0) is 71.1 Å². The Hall–Kier alpha value is -0.219. The zero-order chi connectivity index (χ0) is 18.5. The number of rotatable bonds is 10. The molecule has 4 nitrogen and oxygen atoms in total. The summed E-state index contributed by atoms with van der Waals surface area (Å²) in [6.45, 7) is 23.3. The van der Waals surface area contributed by atoms with Gasteiger partial charge in [0, 0.05) is 5.57 Å². The summed E-state index contributed by atoms with van der Waals surface area (Å²) in [5.41, 5.74) is 0.445. The Labute approximate surface area is 146 Å². The first-order valence-electron chi connectivity index (χ1n) is 8.36. The van der Waals surface area contributed by atoms with Crippen molar-refractivity contribution in [3.05, 3.63) is 12.2 Å². The number of carbonyl (C=O) groups is 1. The fourth-order valence-corrected chi connectivity index (χ4v) is 15.7. The normalized spacial score (nSPS) is 14.5. The third-order valence-electron chi connectivity index (χ3n) is 2.96. The van der Waals surface area contributed by atoms with E-state index in [9.17, 15) is 4.79 Å². The Morgan fingerprint density at radius 1 is 1.00 bits per heavy atom. The number of esters is 1. The van der Waals surface area contributed by atoms with Crippen LogP contribution in [0.15, 0.2) is 12.2 Å². The summed E-state index contributed by atoms with van der Waals surface area (Å²) in [7, 11) is -5.54. The van der Waals surface area contributed by atoms with Crippen molar-refractivity contribution in [1.29, 1.82) is 0 Å². The molecule has 0 aromatic heterocycles. The van der Waals surface area contributed by atoms with Gasteiger partial charge in [-0.3, -0.25) is 0 Å². The topological polar surface area (TPSA) is 44.8 Å². The third kappa shape index (κ3) is 11.9. The van der Waals surface area contributed by atoms with E-state index in [-0.39, 0.29) is 5.97 Å². The Kier molecular flexibility index (Phi) is 8.67. The van der Waals surface area contributed by atoms with Gasteiger partial charge in [-0.2, -0.15) is 0 Å². The zero-order valence-corrected chi connectivity index (χ0v) is 19.5. The SMILES string of the molecule is C=C(C)C(=O)OCCC(C)C[Si](C)(O[Si](C)(C)C)O[Si](C)(C)C. The molecule has 0 aliphatic carbocycles. The largest absolute Gasteiger partial charge is 0.462 e. The Balaban J connectivity index is 4.69. The molecular weight excluding hydrogens is 340 g/mol. The van der Waals surface area contributed by atoms with Gasteiger partial charge < -0.3 is 13.0 Å². The molecule has 0 aromatic rings. The van der Waals surface area contributed by atoms with Crippen LogP contribution in [0.25, 0.3) is 0 Å². The van der Waals surface area contributed by atoms with Crippen LogP contribution in [0.2, 0.25) is 51.9 Å². The average Bonchev–Trinajstić information content (AvgIpc) is 2.21. The maximum absolute atomic E-state index is 11.4. The summed E-state index contributed by atoms with van der Waals surface area (Å²) in [6, 6.07) is 0.937. The van der Waals surface area contributed by atoms with Crippen LogP contribution >= 0.6 is 0 Å². The highest BCUT2D eigenvalue weighted by Gasteiger charge is 2.41. The molecule has 0 fully saturated rings. The van der Waals surface area contributed by atoms with Crippen molar-refractivity contribution in [2.45, 2.75) is 72.1 Å². The van der Waals surface area contributed by atoms with Gasteiger partial charge in [0.15, 0.2) is 16.6 Å². The maximum atomic E-state index is 11.4. The molecule has 0 saturated carbocycles. The van der Waals surface area contributed by atoms with E-state index in [2.05, 4.69) is 59.3 Å². The molecular formula is C16H36O4Si3. The van der Waals surface area contributed by atoms with Crippen molar-refractivity contribution in [3.8, 4) is 0 Å². The van der Waals surface area contributed by atoms with Crippen LogP contribution in [0.3, 0.4) is 0 Å². The lowest BCUT2D eigenvalue weighted by atomic mass is 10.1. The van der Waals surface area contributed by atoms with Gasteiger partial charge in [0.05, 0.1) is 6.61 Å². The van der Waals surface area contributed by atoms with Gasteiger partial charge in [-0.15, -0.1) is 0 Å². The summed E-state index contributed by atoms with van der Waals surface area (Å²) in [4.78, 5) is 11.4. The van der Waals surface area contributed by atoms with Crippen LogP contribution in [-0.2, 0) is 17.8 Å². The molecule has 0 aromatic carbocycles. The Bertz CT molecular complexity index is 395. The average molecular weight is 377 g/mol. The molecule has 0 spiro atoms. The van der Waals surface area contributed by atoms with Crippen LogP contribution in [0, 0.1) is 5.92 Å². The van der Waals surface area contributed by atoms with E-state index in [4.69, 9.17) is 13.0 Å². The van der Waals surface area contributed by atoms with E-state index in [1.54, 1.807) is 6.92 Å². The molecule has 0 radical (unpaired) electrons. The highest BCUT2D eigenvalue weighted by Crippen LogP contribution is 2.28. The van der Waals surface area contributed by atoms with E-state index in [1.165, 1.54) is 0 Å². The first kappa shape index (κ1) is 22.8. The fraction of sp³-hybridized carbons (Fsp3) is 0.812. The highest BCUT2D eigenvalue weighted by atomic mass is 28.5. The van der Waals surface area contributed by atoms with Gasteiger partial charge >= 0.3 is 14.5 Å². The standard InChI is InChI=1S/C16H36O4Si3/c1-14(2)16(17)18-12-11-15(3)13-23(10,19-21(4,5)6)20-22(7,8)9/h15H,1,11-13H2,2-10H3. The monoisotopic (exact) mass is 376 g/mol. The van der Waals surface area contributed by atoms with Gasteiger partial charge in [0.25, 0.3) is 0 Å².